The van der Waals surface area contributed by atoms with E-state index in [1.807, 2.05) is 12.1 Å². The molecule has 0 saturated heterocycles. The van der Waals surface area contributed by atoms with Crippen LogP contribution in [0.3, 0.4) is 0 Å². The molecule has 1 aromatic carbocycles. The first-order valence-electron chi connectivity index (χ1n) is 7.68. The summed E-state index contributed by atoms with van der Waals surface area (Å²) in [5.41, 5.74) is 7.59. The number of nitrogens with zero attached hydrogens (tertiary/aromatic N) is 1. The Balaban J connectivity index is 2.22. The highest BCUT2D eigenvalue weighted by molar-refractivity contribution is 5.30. The molecule has 2 N–H and O–H groups in total. The van der Waals surface area contributed by atoms with Crippen LogP contribution >= 0.6 is 0 Å². The van der Waals surface area contributed by atoms with Gasteiger partial charge in [-0.1, -0.05) is 12.1 Å². The SMILES string of the molecule is COc1ccc(C(C(C)N)N(CC2CC2)C(C)C)cc1. The molecule has 0 spiro atoms. The number of hydrogen-bond acceptors (Lipinski definition) is 3. The second kappa shape index (κ2) is 6.59. The lowest BCUT2D eigenvalue weighted by atomic mass is 9.97. The van der Waals surface area contributed by atoms with Crippen molar-refractivity contribution in [3.63, 3.8) is 0 Å². The summed E-state index contributed by atoms with van der Waals surface area (Å²) in [7, 11) is 1.70. The Morgan fingerprint density at radius 1 is 1.20 bits per heavy atom. The minimum atomic E-state index is 0.115. The van der Waals surface area contributed by atoms with Gasteiger partial charge in [0, 0.05) is 24.7 Å². The van der Waals surface area contributed by atoms with Crippen molar-refractivity contribution in [2.45, 2.75) is 51.7 Å². The maximum Gasteiger partial charge on any atom is 0.118 e. The van der Waals surface area contributed by atoms with Gasteiger partial charge >= 0.3 is 0 Å². The molecule has 1 aliphatic carbocycles. The first-order chi connectivity index (χ1) is 9.52. The van der Waals surface area contributed by atoms with E-state index >= 15 is 0 Å². The average molecular weight is 276 g/mol. The zero-order valence-electron chi connectivity index (χ0n) is 13.2. The largest absolute Gasteiger partial charge is 0.497 e. The lowest BCUT2D eigenvalue weighted by Crippen LogP contribution is -2.44. The Hall–Kier alpha value is -1.06. The molecule has 2 rings (SSSR count). The van der Waals surface area contributed by atoms with Crippen LogP contribution in [0.2, 0.25) is 0 Å². The van der Waals surface area contributed by atoms with E-state index in [9.17, 15) is 0 Å². The molecule has 0 bridgehead atoms. The van der Waals surface area contributed by atoms with Crippen molar-refractivity contribution >= 4 is 0 Å². The molecule has 0 aliphatic heterocycles. The van der Waals surface area contributed by atoms with E-state index in [-0.39, 0.29) is 12.1 Å². The third-order valence-electron chi connectivity index (χ3n) is 4.14. The Bertz CT molecular complexity index is 410. The molecule has 0 amide bonds. The summed E-state index contributed by atoms with van der Waals surface area (Å²) in [6, 6.07) is 9.25. The second-order valence-corrected chi connectivity index (χ2v) is 6.31. The van der Waals surface area contributed by atoms with E-state index in [1.54, 1.807) is 7.11 Å². The van der Waals surface area contributed by atoms with E-state index in [0.717, 1.165) is 18.2 Å². The summed E-state index contributed by atoms with van der Waals surface area (Å²) in [5.74, 6) is 1.77. The van der Waals surface area contributed by atoms with Gasteiger partial charge in [0.15, 0.2) is 0 Å². The highest BCUT2D eigenvalue weighted by Crippen LogP contribution is 2.35. The number of rotatable bonds is 7. The molecule has 2 unspecified atom stereocenters. The molecule has 3 heteroatoms. The lowest BCUT2D eigenvalue weighted by Gasteiger charge is -2.38. The summed E-state index contributed by atoms with van der Waals surface area (Å²) in [6.07, 6.45) is 2.75. The number of benzene rings is 1. The van der Waals surface area contributed by atoms with Gasteiger partial charge in [-0.2, -0.15) is 0 Å². The van der Waals surface area contributed by atoms with Crippen molar-refractivity contribution in [3.8, 4) is 5.75 Å². The van der Waals surface area contributed by atoms with Crippen LogP contribution in [0.5, 0.6) is 5.75 Å². The van der Waals surface area contributed by atoms with E-state index in [0.29, 0.717) is 6.04 Å². The minimum absolute atomic E-state index is 0.115. The second-order valence-electron chi connectivity index (χ2n) is 6.31. The molecule has 0 heterocycles. The van der Waals surface area contributed by atoms with Crippen LogP contribution in [0.25, 0.3) is 0 Å². The van der Waals surface area contributed by atoms with Gasteiger partial charge in [0.25, 0.3) is 0 Å². The first-order valence-corrected chi connectivity index (χ1v) is 7.68. The molecule has 1 aliphatic rings. The average Bonchev–Trinajstić information content (AvgIpc) is 3.22. The molecule has 20 heavy (non-hydrogen) atoms. The van der Waals surface area contributed by atoms with E-state index < -0.39 is 0 Å². The van der Waals surface area contributed by atoms with Crippen molar-refractivity contribution in [2.75, 3.05) is 13.7 Å². The quantitative estimate of drug-likeness (QED) is 0.831. The van der Waals surface area contributed by atoms with Gasteiger partial charge in [-0.05, 0) is 57.2 Å². The van der Waals surface area contributed by atoms with Crippen LogP contribution < -0.4 is 10.5 Å². The molecule has 112 valence electrons. The lowest BCUT2D eigenvalue weighted by molar-refractivity contribution is 0.129. The van der Waals surface area contributed by atoms with Gasteiger partial charge in [0.05, 0.1) is 7.11 Å². The van der Waals surface area contributed by atoms with Gasteiger partial charge in [0.1, 0.15) is 5.75 Å². The predicted molar refractivity (Wildman–Crippen MR) is 84.0 cm³/mol. The summed E-state index contributed by atoms with van der Waals surface area (Å²) in [4.78, 5) is 2.56. The third kappa shape index (κ3) is 3.74. The van der Waals surface area contributed by atoms with Gasteiger partial charge in [-0.15, -0.1) is 0 Å². The molecular formula is C17H28N2O. The van der Waals surface area contributed by atoms with Crippen LogP contribution in [0.4, 0.5) is 0 Å². The Labute approximate surface area is 123 Å². The summed E-state index contributed by atoms with van der Waals surface area (Å²) in [6.45, 7) is 7.80. The molecule has 1 fully saturated rings. The molecule has 1 aromatic rings. The monoisotopic (exact) mass is 276 g/mol. The normalized spacial score (nSPS) is 18.4. The maximum absolute atomic E-state index is 6.30. The molecular weight excluding hydrogens is 248 g/mol. The number of nitrogens with two attached hydrogens (primary N) is 1. The summed E-state index contributed by atoms with van der Waals surface area (Å²) in [5, 5.41) is 0. The summed E-state index contributed by atoms with van der Waals surface area (Å²) >= 11 is 0. The molecule has 3 nitrogen and oxygen atoms in total. The summed E-state index contributed by atoms with van der Waals surface area (Å²) < 4.78 is 5.25. The fraction of sp³-hybridized carbons (Fsp3) is 0.647. The first kappa shape index (κ1) is 15.3. The van der Waals surface area contributed by atoms with Crippen LogP contribution in [0.1, 0.15) is 45.2 Å². The fourth-order valence-electron chi connectivity index (χ4n) is 2.84. The van der Waals surface area contributed by atoms with Crippen LogP contribution in [-0.2, 0) is 0 Å². The highest BCUT2D eigenvalue weighted by atomic mass is 16.5. The number of methoxy groups -OCH3 is 1. The van der Waals surface area contributed by atoms with Crippen LogP contribution in [0.15, 0.2) is 24.3 Å². The topological polar surface area (TPSA) is 38.5 Å². The van der Waals surface area contributed by atoms with Gasteiger partial charge < -0.3 is 10.5 Å². The molecule has 0 aromatic heterocycles. The van der Waals surface area contributed by atoms with E-state index in [1.165, 1.54) is 18.4 Å². The van der Waals surface area contributed by atoms with Crippen molar-refractivity contribution in [3.05, 3.63) is 29.8 Å². The Kier molecular flexibility index (Phi) is 5.06. The standard InChI is InChI=1S/C17H28N2O/c1-12(2)19(11-14-5-6-14)17(13(3)18)15-7-9-16(20-4)10-8-15/h7-10,12-14,17H,5-6,11,18H2,1-4H3. The number of hydrogen-bond donors (Lipinski definition) is 1. The van der Waals surface area contributed by atoms with Gasteiger partial charge in [-0.3, -0.25) is 4.90 Å². The molecule has 1 saturated carbocycles. The van der Waals surface area contributed by atoms with E-state index in [4.69, 9.17) is 10.5 Å². The predicted octanol–water partition coefficient (Wildman–Crippen LogP) is 3.20. The van der Waals surface area contributed by atoms with Gasteiger partial charge in [0.2, 0.25) is 0 Å². The van der Waals surface area contributed by atoms with Gasteiger partial charge in [-0.25, -0.2) is 0 Å². The highest BCUT2D eigenvalue weighted by Gasteiger charge is 2.32. The van der Waals surface area contributed by atoms with Crippen molar-refractivity contribution in [2.24, 2.45) is 11.7 Å². The van der Waals surface area contributed by atoms with Crippen molar-refractivity contribution < 1.29 is 4.74 Å². The molecule has 0 radical (unpaired) electrons. The fourth-order valence-corrected chi connectivity index (χ4v) is 2.84. The zero-order chi connectivity index (χ0) is 14.7. The Morgan fingerprint density at radius 3 is 2.20 bits per heavy atom. The Morgan fingerprint density at radius 2 is 1.80 bits per heavy atom. The molecule has 2 atom stereocenters. The minimum Gasteiger partial charge on any atom is -0.497 e. The zero-order valence-corrected chi connectivity index (χ0v) is 13.2. The smallest absolute Gasteiger partial charge is 0.118 e. The van der Waals surface area contributed by atoms with Crippen molar-refractivity contribution in [1.29, 1.82) is 0 Å². The van der Waals surface area contributed by atoms with Crippen LogP contribution in [-0.4, -0.2) is 30.6 Å². The number of ether oxygens (including phenoxy) is 1. The van der Waals surface area contributed by atoms with E-state index in [2.05, 4.69) is 37.8 Å². The third-order valence-corrected chi connectivity index (χ3v) is 4.14. The van der Waals surface area contributed by atoms with Crippen LogP contribution in [0, 0.1) is 5.92 Å². The maximum atomic E-state index is 6.30. The van der Waals surface area contributed by atoms with Crippen molar-refractivity contribution in [1.82, 2.24) is 4.90 Å².